The molecule has 0 aromatic heterocycles. The van der Waals surface area contributed by atoms with Crippen LogP contribution >= 0.6 is 0 Å². The Labute approximate surface area is 124 Å². The molecule has 0 saturated heterocycles. The van der Waals surface area contributed by atoms with Crippen LogP contribution in [0.2, 0.25) is 0 Å². The maximum atomic E-state index is 11.3. The van der Waals surface area contributed by atoms with Crippen molar-refractivity contribution in [1.29, 1.82) is 0 Å². The van der Waals surface area contributed by atoms with E-state index in [0.717, 1.165) is 12.1 Å². The summed E-state index contributed by atoms with van der Waals surface area (Å²) in [5.41, 5.74) is 7.48. The van der Waals surface area contributed by atoms with Gasteiger partial charge < -0.3 is 15.8 Å². The lowest BCUT2D eigenvalue weighted by molar-refractivity contribution is -0.142. The third-order valence-electron chi connectivity index (χ3n) is 3.43. The number of carbonyl (C=O) groups excluding carboxylic acids is 1. The van der Waals surface area contributed by atoms with Gasteiger partial charge in [-0.15, -0.1) is 0 Å². The topological polar surface area (TPSA) is 76.7 Å². The number of hydrogen-bond acceptors (Lipinski definition) is 5. The number of benzene rings is 1. The number of carbonyl (C=O) groups is 1. The van der Waals surface area contributed by atoms with Gasteiger partial charge in [0.1, 0.15) is 6.04 Å². The van der Waals surface area contributed by atoms with E-state index in [1.807, 2.05) is 30.6 Å². The quantitative estimate of drug-likeness (QED) is 0.802. The van der Waals surface area contributed by atoms with Crippen LogP contribution < -0.4 is 11.1 Å². The minimum absolute atomic E-state index is 0.236. The van der Waals surface area contributed by atoms with E-state index in [1.165, 1.54) is 12.7 Å². The van der Waals surface area contributed by atoms with Crippen molar-refractivity contribution >= 4 is 12.2 Å². The minimum atomic E-state index is -0.682. The molecule has 5 nitrogen and oxygen atoms in total. The average Bonchev–Trinajstić information content (AvgIpc) is 2.49. The Kier molecular flexibility index (Phi) is 4.75. The molecule has 0 fully saturated rings. The molecule has 0 radical (unpaired) electrons. The van der Waals surface area contributed by atoms with E-state index in [2.05, 4.69) is 34.1 Å². The zero-order valence-corrected chi connectivity index (χ0v) is 12.4. The Morgan fingerprint density at radius 1 is 1.43 bits per heavy atom. The van der Waals surface area contributed by atoms with Gasteiger partial charge in [-0.25, -0.2) is 0 Å². The number of methoxy groups -OCH3 is 1. The number of esters is 1. The molecule has 0 saturated carbocycles. The molecule has 0 amide bonds. The molecule has 2 rings (SSSR count). The van der Waals surface area contributed by atoms with Gasteiger partial charge in [-0.2, -0.15) is 0 Å². The normalized spacial score (nSPS) is 22.1. The van der Waals surface area contributed by atoms with Gasteiger partial charge in [-0.05, 0) is 12.5 Å². The lowest BCUT2D eigenvalue weighted by atomic mass is 9.93. The first-order valence-corrected chi connectivity index (χ1v) is 6.92. The molecule has 0 bridgehead atoms. The molecule has 2 unspecified atom stereocenters. The molecular weight excluding hydrogens is 266 g/mol. The summed E-state index contributed by atoms with van der Waals surface area (Å²) in [5, 5.41) is 3.34. The van der Waals surface area contributed by atoms with E-state index >= 15 is 0 Å². The highest BCUT2D eigenvalue weighted by Gasteiger charge is 2.25. The Morgan fingerprint density at radius 3 is 2.71 bits per heavy atom. The molecule has 0 spiro atoms. The fraction of sp³-hybridized carbons (Fsp3) is 0.375. The lowest BCUT2D eigenvalue weighted by Gasteiger charge is -2.29. The SMILES string of the molecule is COC(=O)C(N)CC1=CNC(C)(Cc2ccccc2)C=N1. The van der Waals surface area contributed by atoms with Gasteiger partial charge in [0.25, 0.3) is 0 Å². The maximum absolute atomic E-state index is 11.3. The van der Waals surface area contributed by atoms with Crippen LogP contribution in [0.1, 0.15) is 18.9 Å². The number of ether oxygens (including phenoxy) is 1. The summed E-state index contributed by atoms with van der Waals surface area (Å²) in [6.45, 7) is 2.08. The highest BCUT2D eigenvalue weighted by atomic mass is 16.5. The van der Waals surface area contributed by atoms with E-state index < -0.39 is 12.0 Å². The van der Waals surface area contributed by atoms with Crippen molar-refractivity contribution in [3.63, 3.8) is 0 Å². The zero-order chi connectivity index (χ0) is 15.3. The van der Waals surface area contributed by atoms with Crippen molar-refractivity contribution in [1.82, 2.24) is 5.32 Å². The van der Waals surface area contributed by atoms with Gasteiger partial charge >= 0.3 is 5.97 Å². The van der Waals surface area contributed by atoms with Crippen LogP contribution in [0.25, 0.3) is 0 Å². The van der Waals surface area contributed by atoms with Gasteiger partial charge in [0, 0.05) is 25.3 Å². The molecule has 1 aromatic carbocycles. The van der Waals surface area contributed by atoms with Gasteiger partial charge in [-0.3, -0.25) is 9.79 Å². The first-order valence-electron chi connectivity index (χ1n) is 6.92. The summed E-state index contributed by atoms with van der Waals surface area (Å²) in [5.74, 6) is -0.427. The Bertz CT molecular complexity index is 554. The van der Waals surface area contributed by atoms with Crippen LogP contribution in [-0.2, 0) is 16.0 Å². The first-order chi connectivity index (χ1) is 10.0. The van der Waals surface area contributed by atoms with Crippen LogP contribution in [0.4, 0.5) is 0 Å². The number of nitrogens with zero attached hydrogens (tertiary/aromatic N) is 1. The second-order valence-electron chi connectivity index (χ2n) is 5.45. The van der Waals surface area contributed by atoms with Crippen LogP contribution in [0.5, 0.6) is 0 Å². The van der Waals surface area contributed by atoms with Crippen LogP contribution in [0, 0.1) is 0 Å². The lowest BCUT2D eigenvalue weighted by Crippen LogP contribution is -2.45. The number of rotatable bonds is 5. The number of hydrogen-bond donors (Lipinski definition) is 2. The highest BCUT2D eigenvalue weighted by Crippen LogP contribution is 2.18. The maximum Gasteiger partial charge on any atom is 0.323 e. The Hall–Kier alpha value is -2.14. The summed E-state index contributed by atoms with van der Waals surface area (Å²) in [7, 11) is 1.33. The minimum Gasteiger partial charge on any atom is -0.468 e. The van der Waals surface area contributed by atoms with Crippen molar-refractivity contribution < 1.29 is 9.53 Å². The molecule has 1 aromatic rings. The van der Waals surface area contributed by atoms with E-state index in [-0.39, 0.29) is 5.54 Å². The second-order valence-corrected chi connectivity index (χ2v) is 5.45. The van der Waals surface area contributed by atoms with Gasteiger partial charge in [0.15, 0.2) is 0 Å². The van der Waals surface area contributed by atoms with Gasteiger partial charge in [-0.1, -0.05) is 30.3 Å². The fourth-order valence-electron chi connectivity index (χ4n) is 2.24. The number of nitrogens with one attached hydrogen (secondary N) is 1. The second kappa shape index (κ2) is 6.54. The molecule has 2 atom stereocenters. The molecule has 1 heterocycles. The Balaban J connectivity index is 1.95. The summed E-state index contributed by atoms with van der Waals surface area (Å²) < 4.78 is 4.61. The molecule has 0 aliphatic carbocycles. The van der Waals surface area contributed by atoms with Gasteiger partial charge in [0.2, 0.25) is 0 Å². The van der Waals surface area contributed by atoms with Crippen molar-refractivity contribution in [3.05, 3.63) is 47.8 Å². The van der Waals surface area contributed by atoms with Crippen LogP contribution in [0.15, 0.2) is 47.2 Å². The van der Waals surface area contributed by atoms with E-state index in [4.69, 9.17) is 5.73 Å². The predicted molar refractivity (Wildman–Crippen MR) is 82.9 cm³/mol. The fourth-order valence-corrected chi connectivity index (χ4v) is 2.24. The molecule has 5 heteroatoms. The van der Waals surface area contributed by atoms with Crippen LogP contribution in [-0.4, -0.2) is 30.9 Å². The standard InChI is InChI=1S/C16H21N3O2/c1-16(9-12-6-4-3-5-7-12)11-18-13(10-19-16)8-14(17)15(20)21-2/h3-7,10-11,14,19H,8-9,17H2,1-2H3. The molecular formula is C16H21N3O2. The van der Waals surface area contributed by atoms with Crippen molar-refractivity contribution in [3.8, 4) is 0 Å². The molecule has 112 valence electrons. The monoisotopic (exact) mass is 287 g/mol. The number of aliphatic imine (C=N–C) groups is 1. The third-order valence-corrected chi connectivity index (χ3v) is 3.43. The largest absolute Gasteiger partial charge is 0.468 e. The molecule has 21 heavy (non-hydrogen) atoms. The first kappa shape index (κ1) is 15.3. The van der Waals surface area contributed by atoms with E-state index in [9.17, 15) is 4.79 Å². The molecule has 1 aliphatic rings. The summed E-state index contributed by atoms with van der Waals surface area (Å²) in [6, 6.07) is 9.55. The van der Waals surface area contributed by atoms with E-state index in [0.29, 0.717) is 6.42 Å². The third kappa shape index (κ3) is 4.16. The Morgan fingerprint density at radius 2 is 2.14 bits per heavy atom. The van der Waals surface area contributed by atoms with Crippen molar-refractivity contribution in [2.24, 2.45) is 10.7 Å². The number of nitrogens with two attached hydrogens (primary N) is 1. The zero-order valence-electron chi connectivity index (χ0n) is 12.4. The van der Waals surface area contributed by atoms with E-state index in [1.54, 1.807) is 0 Å². The van der Waals surface area contributed by atoms with Crippen molar-refractivity contribution in [2.75, 3.05) is 7.11 Å². The average molecular weight is 287 g/mol. The molecule has 3 N–H and O–H groups in total. The highest BCUT2D eigenvalue weighted by molar-refractivity contribution is 5.76. The summed E-state index contributed by atoms with van der Waals surface area (Å²) >= 11 is 0. The van der Waals surface area contributed by atoms with Gasteiger partial charge in [0.05, 0.1) is 18.3 Å². The predicted octanol–water partition coefficient (Wildman–Crippen LogP) is 1.39. The molecule has 1 aliphatic heterocycles. The van der Waals surface area contributed by atoms with Crippen molar-refractivity contribution in [2.45, 2.75) is 31.3 Å². The smallest absolute Gasteiger partial charge is 0.323 e. The van der Waals surface area contributed by atoms with Crippen LogP contribution in [0.3, 0.4) is 0 Å². The summed E-state index contributed by atoms with van der Waals surface area (Å²) in [4.78, 5) is 15.7. The summed E-state index contributed by atoms with van der Waals surface area (Å²) in [6.07, 6.45) is 4.90.